The molecule has 0 amide bonds. The van der Waals surface area contributed by atoms with E-state index in [0.717, 1.165) is 0 Å². The lowest BCUT2D eigenvalue weighted by Crippen LogP contribution is -2.57. The number of ketones is 1. The van der Waals surface area contributed by atoms with Gasteiger partial charge in [0.25, 0.3) is 0 Å². The Labute approximate surface area is 154 Å². The van der Waals surface area contributed by atoms with E-state index in [1.807, 2.05) is 0 Å². The van der Waals surface area contributed by atoms with Gasteiger partial charge in [-0.1, -0.05) is 0 Å². The number of hydrogen-bond acceptors (Lipinski definition) is 8. The van der Waals surface area contributed by atoms with Crippen molar-refractivity contribution in [1.29, 1.82) is 0 Å². The normalized spacial score (nSPS) is 22.5. The predicted octanol–water partition coefficient (Wildman–Crippen LogP) is 1.64. The first-order valence-corrected chi connectivity index (χ1v) is 8.18. The molecular weight excluding hydrogens is 356 g/mol. The summed E-state index contributed by atoms with van der Waals surface area (Å²) in [6, 6.07) is 5.79. The maximum absolute atomic E-state index is 13.3. The first-order chi connectivity index (χ1) is 12.9. The van der Waals surface area contributed by atoms with Crippen LogP contribution in [0.4, 0.5) is 0 Å². The van der Waals surface area contributed by atoms with E-state index < -0.39 is 17.5 Å². The van der Waals surface area contributed by atoms with E-state index in [-0.39, 0.29) is 35.0 Å². The Hall–Kier alpha value is -3.13. The Bertz CT molecular complexity index is 938. The highest BCUT2D eigenvalue weighted by atomic mass is 16.6. The number of phenols is 1. The average molecular weight is 374 g/mol. The molecule has 0 unspecified atom stereocenters. The summed E-state index contributed by atoms with van der Waals surface area (Å²) in [6.07, 6.45) is -1.00. The maximum atomic E-state index is 13.3. The minimum atomic E-state index is -2.05. The highest BCUT2D eigenvalue weighted by Crippen LogP contribution is 2.50. The summed E-state index contributed by atoms with van der Waals surface area (Å²) in [5, 5.41) is 21.7. The number of fused-ring (bicyclic) bond motifs is 4. The number of phenolic OH excluding ortho intramolecular Hbond substituents is 1. The Kier molecular flexibility index (Phi) is 3.81. The molecule has 0 bridgehead atoms. The van der Waals surface area contributed by atoms with Crippen LogP contribution >= 0.6 is 0 Å². The van der Waals surface area contributed by atoms with Gasteiger partial charge in [0.05, 0.1) is 21.3 Å². The Balaban J connectivity index is 1.91. The summed E-state index contributed by atoms with van der Waals surface area (Å²) in [5.41, 5.74) is -1.98. The molecule has 2 aliphatic rings. The van der Waals surface area contributed by atoms with Crippen LogP contribution < -0.4 is 23.7 Å². The Morgan fingerprint density at radius 2 is 1.74 bits per heavy atom. The zero-order valence-electron chi connectivity index (χ0n) is 14.9. The minimum absolute atomic E-state index is 0.0673. The fourth-order valence-corrected chi connectivity index (χ4v) is 3.48. The number of Topliss-reactive ketones (excluding diaryl/α,β-unsaturated/α-hetero) is 1. The average Bonchev–Trinajstić information content (AvgIpc) is 2.67. The van der Waals surface area contributed by atoms with Gasteiger partial charge in [-0.15, -0.1) is 0 Å². The molecule has 0 spiro atoms. The van der Waals surface area contributed by atoms with E-state index >= 15 is 0 Å². The maximum Gasteiger partial charge on any atom is 0.210 e. The third-order valence-corrected chi connectivity index (χ3v) is 4.89. The minimum Gasteiger partial charge on any atom is -0.507 e. The summed E-state index contributed by atoms with van der Waals surface area (Å²) in [4.78, 5) is 13.3. The van der Waals surface area contributed by atoms with Crippen LogP contribution in [0.2, 0.25) is 0 Å². The number of aliphatic hydroxyl groups is 1. The molecule has 2 heterocycles. The number of rotatable bonds is 3. The molecule has 0 fully saturated rings. The third-order valence-electron chi connectivity index (χ3n) is 4.89. The SMILES string of the molecule is COc1cc(O)c2c(c1)O[C@@H]1COc3cc(OC)c(OC)cc3[C@@]1(O)C2=O. The molecule has 2 aromatic rings. The fourth-order valence-electron chi connectivity index (χ4n) is 3.48. The van der Waals surface area contributed by atoms with Crippen LogP contribution in [-0.4, -0.2) is 50.0 Å². The van der Waals surface area contributed by atoms with E-state index in [9.17, 15) is 15.0 Å². The molecule has 2 N–H and O–H groups in total. The first kappa shape index (κ1) is 17.3. The fraction of sp³-hybridized carbons (Fsp3) is 0.316. The van der Waals surface area contributed by atoms with Crippen LogP contribution in [0.1, 0.15) is 15.9 Å². The number of ether oxygens (including phenoxy) is 5. The van der Waals surface area contributed by atoms with E-state index in [1.165, 1.54) is 39.5 Å². The van der Waals surface area contributed by atoms with Crippen LogP contribution in [0, 0.1) is 0 Å². The molecular formula is C19H18O8. The van der Waals surface area contributed by atoms with Crippen molar-refractivity contribution in [2.45, 2.75) is 11.7 Å². The van der Waals surface area contributed by atoms with Gasteiger partial charge in [-0.2, -0.15) is 0 Å². The van der Waals surface area contributed by atoms with Crippen LogP contribution in [-0.2, 0) is 5.60 Å². The lowest BCUT2D eigenvalue weighted by Gasteiger charge is -2.43. The summed E-state index contributed by atoms with van der Waals surface area (Å²) < 4.78 is 27.1. The van der Waals surface area contributed by atoms with Gasteiger partial charge in [-0.3, -0.25) is 4.79 Å². The molecule has 27 heavy (non-hydrogen) atoms. The van der Waals surface area contributed by atoms with Crippen molar-refractivity contribution in [2.24, 2.45) is 0 Å². The summed E-state index contributed by atoms with van der Waals surface area (Å²) in [6.45, 7) is -0.0673. The lowest BCUT2D eigenvalue weighted by atomic mass is 9.77. The van der Waals surface area contributed by atoms with Crippen molar-refractivity contribution in [3.63, 3.8) is 0 Å². The molecule has 142 valence electrons. The summed E-state index contributed by atoms with van der Waals surface area (Å²) >= 11 is 0. The molecule has 2 aromatic carbocycles. The largest absolute Gasteiger partial charge is 0.507 e. The third kappa shape index (κ3) is 2.30. The van der Waals surface area contributed by atoms with Crippen molar-refractivity contribution in [1.82, 2.24) is 0 Å². The number of carbonyl (C=O) groups is 1. The van der Waals surface area contributed by atoms with Crippen LogP contribution in [0.5, 0.6) is 34.5 Å². The standard InChI is InChI=1S/C19H18O8/c1-23-9-4-11(20)17-15(5-9)27-16-8-26-12-7-14(25-3)13(24-2)6-10(12)19(16,22)18(17)21/h4-7,16,20,22H,8H2,1-3H3/t16-,19+/m1/s1. The van der Waals surface area contributed by atoms with Crippen LogP contribution in [0.25, 0.3) is 0 Å². The quantitative estimate of drug-likeness (QED) is 0.836. The van der Waals surface area contributed by atoms with E-state index in [1.54, 1.807) is 6.07 Å². The first-order valence-electron chi connectivity index (χ1n) is 8.18. The molecule has 0 aliphatic carbocycles. The van der Waals surface area contributed by atoms with Gasteiger partial charge in [0, 0.05) is 23.8 Å². The number of hydrogen-bond donors (Lipinski definition) is 2. The van der Waals surface area contributed by atoms with E-state index in [0.29, 0.717) is 17.2 Å². The molecule has 0 aromatic heterocycles. The van der Waals surface area contributed by atoms with Crippen molar-refractivity contribution in [3.05, 3.63) is 35.4 Å². The zero-order valence-corrected chi connectivity index (χ0v) is 14.9. The molecule has 0 radical (unpaired) electrons. The molecule has 4 rings (SSSR count). The number of carbonyl (C=O) groups excluding carboxylic acids is 1. The molecule has 8 heteroatoms. The van der Waals surface area contributed by atoms with Gasteiger partial charge in [0.1, 0.15) is 35.2 Å². The van der Waals surface area contributed by atoms with Crippen molar-refractivity contribution in [2.75, 3.05) is 27.9 Å². The molecule has 0 saturated carbocycles. The van der Waals surface area contributed by atoms with Crippen LogP contribution in [0.3, 0.4) is 0 Å². The van der Waals surface area contributed by atoms with Gasteiger partial charge < -0.3 is 33.9 Å². The second-order valence-corrected chi connectivity index (χ2v) is 6.24. The highest BCUT2D eigenvalue weighted by molar-refractivity contribution is 6.09. The topological polar surface area (TPSA) is 104 Å². The summed E-state index contributed by atoms with van der Waals surface area (Å²) in [7, 11) is 4.35. The van der Waals surface area contributed by atoms with Gasteiger partial charge in [0.2, 0.25) is 5.78 Å². The second kappa shape index (κ2) is 5.95. The van der Waals surface area contributed by atoms with Gasteiger partial charge in [0.15, 0.2) is 23.2 Å². The lowest BCUT2D eigenvalue weighted by molar-refractivity contribution is -0.0803. The van der Waals surface area contributed by atoms with Crippen molar-refractivity contribution in [3.8, 4) is 34.5 Å². The van der Waals surface area contributed by atoms with E-state index in [2.05, 4.69) is 0 Å². The number of benzene rings is 2. The highest BCUT2D eigenvalue weighted by Gasteiger charge is 2.56. The smallest absolute Gasteiger partial charge is 0.210 e. The molecule has 2 atom stereocenters. The van der Waals surface area contributed by atoms with Crippen molar-refractivity contribution < 1.29 is 38.7 Å². The summed E-state index contributed by atoms with van der Waals surface area (Å²) in [5.74, 6) is 0.425. The van der Waals surface area contributed by atoms with Gasteiger partial charge in [-0.25, -0.2) is 0 Å². The number of methoxy groups -OCH3 is 3. The molecule has 2 aliphatic heterocycles. The van der Waals surface area contributed by atoms with Gasteiger partial charge in [-0.05, 0) is 6.07 Å². The van der Waals surface area contributed by atoms with Crippen LogP contribution in [0.15, 0.2) is 24.3 Å². The Morgan fingerprint density at radius 1 is 1.04 bits per heavy atom. The number of aromatic hydroxyl groups is 1. The zero-order chi connectivity index (χ0) is 19.3. The Morgan fingerprint density at radius 3 is 2.41 bits per heavy atom. The second-order valence-electron chi connectivity index (χ2n) is 6.24. The van der Waals surface area contributed by atoms with Gasteiger partial charge >= 0.3 is 0 Å². The molecule has 0 saturated heterocycles. The van der Waals surface area contributed by atoms with E-state index in [4.69, 9.17) is 23.7 Å². The van der Waals surface area contributed by atoms with Crippen molar-refractivity contribution >= 4 is 5.78 Å². The molecule has 8 nitrogen and oxygen atoms in total. The monoisotopic (exact) mass is 374 g/mol. The predicted molar refractivity (Wildman–Crippen MR) is 92.3 cm³/mol.